The number of hydrogen-bond donors (Lipinski definition) is 2. The van der Waals surface area contributed by atoms with Gasteiger partial charge in [0.05, 0.1) is 22.7 Å². The normalized spacial score (nSPS) is 10.7. The third-order valence-corrected chi connectivity index (χ3v) is 1.99. The molecule has 0 saturated heterocycles. The number of hydrogen-bond acceptors (Lipinski definition) is 3. The number of aliphatic carboxylic acids is 1. The van der Waals surface area contributed by atoms with E-state index < -0.39 is 30.2 Å². The Balaban J connectivity index is 3.13. The minimum atomic E-state index is -2.78. The van der Waals surface area contributed by atoms with Crippen molar-refractivity contribution >= 4 is 23.4 Å². The molecule has 0 amide bonds. The highest BCUT2D eigenvalue weighted by Crippen LogP contribution is 2.28. The van der Waals surface area contributed by atoms with Crippen molar-refractivity contribution in [3.8, 4) is 0 Å². The Kier molecular flexibility index (Phi) is 3.41. The van der Waals surface area contributed by atoms with E-state index in [0.29, 0.717) is 0 Å². The third-order valence-electron chi connectivity index (χ3n) is 1.66. The average molecular weight is 237 g/mol. The predicted molar refractivity (Wildman–Crippen MR) is 50.0 cm³/mol. The highest BCUT2D eigenvalue weighted by atomic mass is 35.5. The fourth-order valence-corrected chi connectivity index (χ4v) is 1.23. The maximum atomic E-state index is 12.3. The van der Waals surface area contributed by atoms with Gasteiger partial charge in [0.25, 0.3) is 6.43 Å². The number of carboxylic acid groups (broad SMARTS) is 1. The van der Waals surface area contributed by atoms with Crippen LogP contribution in [-0.4, -0.2) is 16.1 Å². The lowest BCUT2D eigenvalue weighted by Crippen LogP contribution is -2.07. The van der Waals surface area contributed by atoms with E-state index in [4.69, 9.17) is 22.4 Å². The summed E-state index contributed by atoms with van der Waals surface area (Å²) in [6.45, 7) is 0. The van der Waals surface area contributed by atoms with Gasteiger partial charge in [-0.1, -0.05) is 11.6 Å². The summed E-state index contributed by atoms with van der Waals surface area (Å²) in [5.74, 6) is -1.56. The van der Waals surface area contributed by atoms with E-state index in [1.807, 2.05) is 0 Å². The molecule has 15 heavy (non-hydrogen) atoms. The Bertz CT molecular complexity index is 398. The van der Waals surface area contributed by atoms with Gasteiger partial charge in [0.1, 0.15) is 5.82 Å². The minimum Gasteiger partial charge on any atom is -0.481 e. The second-order valence-corrected chi connectivity index (χ2v) is 3.17. The maximum Gasteiger partial charge on any atom is 0.309 e. The molecule has 3 N–H and O–H groups in total. The molecule has 1 aromatic heterocycles. The molecule has 0 atom stereocenters. The lowest BCUT2D eigenvalue weighted by molar-refractivity contribution is -0.136. The molecule has 0 spiro atoms. The van der Waals surface area contributed by atoms with Gasteiger partial charge in [-0.2, -0.15) is 0 Å². The highest BCUT2D eigenvalue weighted by molar-refractivity contribution is 6.31. The molecule has 4 nitrogen and oxygen atoms in total. The lowest BCUT2D eigenvalue weighted by atomic mass is 10.2. The molecule has 0 aliphatic rings. The molecule has 1 rings (SSSR count). The number of carbonyl (C=O) groups is 1. The molecule has 0 bridgehead atoms. The van der Waals surface area contributed by atoms with E-state index in [1.54, 1.807) is 0 Å². The standard InChI is InChI=1S/C8H7ClF2N2O2/c9-4-1-3(7(10)11)8(12)13-5(4)2-6(14)15/h1,7H,2H2,(H2,12,13)(H,14,15). The molecule has 0 aromatic carbocycles. The van der Waals surface area contributed by atoms with Crippen LogP contribution < -0.4 is 5.73 Å². The van der Waals surface area contributed by atoms with E-state index in [0.717, 1.165) is 6.07 Å². The number of aromatic nitrogens is 1. The van der Waals surface area contributed by atoms with E-state index >= 15 is 0 Å². The van der Waals surface area contributed by atoms with E-state index in [2.05, 4.69) is 4.98 Å². The Morgan fingerprint density at radius 1 is 1.67 bits per heavy atom. The summed E-state index contributed by atoms with van der Waals surface area (Å²) in [6.07, 6.45) is -3.24. The molecule has 0 aliphatic heterocycles. The number of nitrogen functional groups attached to an aromatic ring is 1. The summed E-state index contributed by atoms with van der Waals surface area (Å²) >= 11 is 5.57. The van der Waals surface area contributed by atoms with Crippen molar-refractivity contribution in [2.24, 2.45) is 0 Å². The van der Waals surface area contributed by atoms with Crippen LogP contribution in [0.15, 0.2) is 6.07 Å². The fourth-order valence-electron chi connectivity index (χ4n) is 0.999. The molecule has 0 fully saturated rings. The van der Waals surface area contributed by atoms with Crippen LogP contribution in [0.4, 0.5) is 14.6 Å². The summed E-state index contributed by atoms with van der Waals surface area (Å²) in [5, 5.41) is 8.35. The van der Waals surface area contributed by atoms with Crippen molar-refractivity contribution < 1.29 is 18.7 Å². The number of nitrogens with two attached hydrogens (primary N) is 1. The van der Waals surface area contributed by atoms with E-state index in [1.165, 1.54) is 0 Å². The Morgan fingerprint density at radius 3 is 2.73 bits per heavy atom. The summed E-state index contributed by atoms with van der Waals surface area (Å²) in [4.78, 5) is 13.9. The van der Waals surface area contributed by atoms with Crippen LogP contribution in [0.25, 0.3) is 0 Å². The van der Waals surface area contributed by atoms with Crippen molar-refractivity contribution in [3.63, 3.8) is 0 Å². The zero-order valence-corrected chi connectivity index (χ0v) is 8.13. The predicted octanol–water partition coefficient (Wildman–Crippen LogP) is 1.88. The first-order valence-corrected chi connectivity index (χ1v) is 4.24. The summed E-state index contributed by atoms with van der Waals surface area (Å²) in [5.41, 5.74) is 4.71. The van der Waals surface area contributed by atoms with Crippen molar-refractivity contribution in [2.75, 3.05) is 5.73 Å². The lowest BCUT2D eigenvalue weighted by Gasteiger charge is -2.07. The summed E-state index contributed by atoms with van der Waals surface area (Å²) < 4.78 is 24.6. The van der Waals surface area contributed by atoms with Gasteiger partial charge in [-0.3, -0.25) is 4.79 Å². The van der Waals surface area contributed by atoms with Crippen LogP contribution in [0.5, 0.6) is 0 Å². The zero-order valence-electron chi connectivity index (χ0n) is 7.38. The smallest absolute Gasteiger partial charge is 0.309 e. The number of rotatable bonds is 3. The number of carboxylic acids is 1. The second-order valence-electron chi connectivity index (χ2n) is 2.76. The molecule has 0 radical (unpaired) electrons. The van der Waals surface area contributed by atoms with Gasteiger partial charge in [-0.05, 0) is 6.07 Å². The molecular weight excluding hydrogens is 230 g/mol. The van der Waals surface area contributed by atoms with Crippen LogP contribution in [0.2, 0.25) is 5.02 Å². The molecule has 1 heterocycles. The van der Waals surface area contributed by atoms with Crippen LogP contribution in [-0.2, 0) is 11.2 Å². The number of pyridine rings is 1. The van der Waals surface area contributed by atoms with Gasteiger partial charge < -0.3 is 10.8 Å². The van der Waals surface area contributed by atoms with Gasteiger partial charge >= 0.3 is 5.97 Å². The zero-order chi connectivity index (χ0) is 11.6. The number of anilines is 1. The van der Waals surface area contributed by atoms with E-state index in [9.17, 15) is 13.6 Å². The minimum absolute atomic E-state index is 0.0222. The molecule has 0 saturated carbocycles. The molecular formula is C8H7ClF2N2O2. The first kappa shape index (κ1) is 11.6. The van der Waals surface area contributed by atoms with Gasteiger partial charge in [0.2, 0.25) is 0 Å². The molecule has 7 heteroatoms. The first-order chi connectivity index (χ1) is 6.91. The molecule has 0 aliphatic carbocycles. The fraction of sp³-hybridized carbons (Fsp3) is 0.250. The molecule has 82 valence electrons. The summed E-state index contributed by atoms with van der Waals surface area (Å²) in [6, 6.07) is 0.937. The van der Waals surface area contributed by atoms with Crippen LogP contribution in [0.3, 0.4) is 0 Å². The second kappa shape index (κ2) is 4.39. The monoisotopic (exact) mass is 236 g/mol. The molecule has 1 aromatic rings. The van der Waals surface area contributed by atoms with Crippen LogP contribution in [0, 0.1) is 0 Å². The SMILES string of the molecule is Nc1nc(CC(=O)O)c(Cl)cc1C(F)F. The highest BCUT2D eigenvalue weighted by Gasteiger charge is 2.17. The topological polar surface area (TPSA) is 76.2 Å². The third kappa shape index (κ3) is 2.76. The Hall–Kier alpha value is -1.43. The van der Waals surface area contributed by atoms with Crippen molar-refractivity contribution in [3.05, 3.63) is 22.3 Å². The Morgan fingerprint density at radius 2 is 2.27 bits per heavy atom. The van der Waals surface area contributed by atoms with Crippen LogP contribution in [0.1, 0.15) is 17.7 Å². The maximum absolute atomic E-state index is 12.3. The molecule has 0 unspecified atom stereocenters. The van der Waals surface area contributed by atoms with Crippen LogP contribution >= 0.6 is 11.6 Å². The number of alkyl halides is 2. The van der Waals surface area contributed by atoms with E-state index in [-0.39, 0.29) is 10.7 Å². The summed E-state index contributed by atoms with van der Waals surface area (Å²) in [7, 11) is 0. The first-order valence-electron chi connectivity index (χ1n) is 3.86. The number of nitrogens with zero attached hydrogens (tertiary/aromatic N) is 1. The Labute approximate surface area is 88.7 Å². The average Bonchev–Trinajstić information content (AvgIpc) is 2.09. The quantitative estimate of drug-likeness (QED) is 0.840. The number of halogens is 3. The van der Waals surface area contributed by atoms with Gasteiger partial charge in [-0.25, -0.2) is 13.8 Å². The van der Waals surface area contributed by atoms with Gasteiger partial charge in [0, 0.05) is 0 Å². The van der Waals surface area contributed by atoms with Gasteiger partial charge in [-0.15, -0.1) is 0 Å². The van der Waals surface area contributed by atoms with Crippen molar-refractivity contribution in [1.29, 1.82) is 0 Å². The largest absolute Gasteiger partial charge is 0.481 e. The van der Waals surface area contributed by atoms with Crippen molar-refractivity contribution in [2.45, 2.75) is 12.8 Å². The van der Waals surface area contributed by atoms with Crippen molar-refractivity contribution in [1.82, 2.24) is 4.98 Å². The van der Waals surface area contributed by atoms with Gasteiger partial charge in [0.15, 0.2) is 0 Å².